The van der Waals surface area contributed by atoms with Gasteiger partial charge in [-0.2, -0.15) is 0 Å². The van der Waals surface area contributed by atoms with Gasteiger partial charge < -0.3 is 19.7 Å². The predicted molar refractivity (Wildman–Crippen MR) is 199 cm³/mol. The van der Waals surface area contributed by atoms with Gasteiger partial charge in [-0.15, -0.1) is 0 Å². The van der Waals surface area contributed by atoms with Crippen molar-refractivity contribution in [1.29, 1.82) is 0 Å². The van der Waals surface area contributed by atoms with Crippen LogP contribution in [0.1, 0.15) is 63.7 Å². The summed E-state index contributed by atoms with van der Waals surface area (Å²) in [5, 5.41) is 18.3. The quantitative estimate of drug-likeness (QED) is 0.135. The molecular formula is C32H24I4O8. The van der Waals surface area contributed by atoms with E-state index in [0.29, 0.717) is 31.1 Å². The standard InChI is InChI=1S/C17H14I2O4.C15H10I2O4/c1-22-16(20)12-8-10(3-5-14(12)18)7-11-4-6-15(19)13(9-11)17(21)23-2;16-12-3-1-8(6-10(12)14(18)19)5-9-2-4-13(17)11(7-9)15(20)21/h3-6,8-9H,7H2,1-2H3;1-4,6-7H,5H2,(H,18,19)(H,20,21). The summed E-state index contributed by atoms with van der Waals surface area (Å²) in [7, 11) is 2.74. The van der Waals surface area contributed by atoms with Gasteiger partial charge in [-0.1, -0.05) is 24.3 Å². The van der Waals surface area contributed by atoms with Gasteiger partial charge in [0.25, 0.3) is 0 Å². The van der Waals surface area contributed by atoms with Crippen LogP contribution in [0.4, 0.5) is 0 Å². The fourth-order valence-electron chi connectivity index (χ4n) is 4.06. The number of carboxylic acid groups (broad SMARTS) is 2. The van der Waals surface area contributed by atoms with E-state index in [1.807, 2.05) is 93.7 Å². The van der Waals surface area contributed by atoms with E-state index >= 15 is 0 Å². The van der Waals surface area contributed by atoms with Crippen molar-refractivity contribution in [3.63, 3.8) is 0 Å². The van der Waals surface area contributed by atoms with Crippen molar-refractivity contribution >= 4 is 114 Å². The normalized spacial score (nSPS) is 10.3. The van der Waals surface area contributed by atoms with E-state index in [2.05, 4.69) is 45.2 Å². The average Bonchev–Trinajstić information content (AvgIpc) is 3.00. The van der Waals surface area contributed by atoms with Gasteiger partial charge in [0, 0.05) is 14.3 Å². The first-order valence-electron chi connectivity index (χ1n) is 12.6. The lowest BCUT2D eigenvalue weighted by atomic mass is 10.0. The molecule has 0 heterocycles. The third kappa shape index (κ3) is 9.84. The molecule has 0 aromatic heterocycles. The van der Waals surface area contributed by atoms with Crippen LogP contribution in [0.15, 0.2) is 72.8 Å². The minimum atomic E-state index is -0.963. The van der Waals surface area contributed by atoms with E-state index in [-0.39, 0.29) is 23.1 Å². The van der Waals surface area contributed by atoms with Gasteiger partial charge in [-0.3, -0.25) is 0 Å². The van der Waals surface area contributed by atoms with Gasteiger partial charge in [0.1, 0.15) is 0 Å². The number of ether oxygens (including phenoxy) is 2. The van der Waals surface area contributed by atoms with Gasteiger partial charge in [0.15, 0.2) is 0 Å². The molecule has 8 nitrogen and oxygen atoms in total. The number of aromatic carboxylic acids is 2. The molecule has 0 saturated carbocycles. The molecule has 4 aromatic rings. The molecule has 0 spiro atoms. The second-order valence-electron chi connectivity index (χ2n) is 9.20. The highest BCUT2D eigenvalue weighted by molar-refractivity contribution is 14.1. The van der Waals surface area contributed by atoms with Gasteiger partial charge in [0.05, 0.1) is 36.5 Å². The molecule has 4 aromatic carbocycles. The molecule has 4 rings (SSSR count). The molecule has 0 aliphatic carbocycles. The SMILES string of the molecule is COC(=O)c1cc(Cc2ccc(I)c(C(=O)OC)c2)ccc1I.O=C(O)c1cc(Cc2ccc(I)c(C(=O)O)c2)ccc1I. The summed E-state index contributed by atoms with van der Waals surface area (Å²) >= 11 is 8.18. The second kappa shape index (κ2) is 16.8. The summed E-state index contributed by atoms with van der Waals surface area (Å²) in [5.74, 6) is -2.63. The van der Waals surface area contributed by atoms with Crippen LogP contribution in [0.25, 0.3) is 0 Å². The molecule has 2 N–H and O–H groups in total. The van der Waals surface area contributed by atoms with E-state index in [9.17, 15) is 19.2 Å². The number of methoxy groups -OCH3 is 2. The molecule has 0 fully saturated rings. The van der Waals surface area contributed by atoms with Crippen LogP contribution >= 0.6 is 90.4 Å². The molecule has 228 valence electrons. The van der Waals surface area contributed by atoms with Crippen molar-refractivity contribution in [2.24, 2.45) is 0 Å². The topological polar surface area (TPSA) is 127 Å². The zero-order valence-corrected chi connectivity index (χ0v) is 31.8. The van der Waals surface area contributed by atoms with Crippen molar-refractivity contribution < 1.29 is 38.9 Å². The average molecular weight is 1040 g/mol. The highest BCUT2D eigenvalue weighted by Gasteiger charge is 2.15. The van der Waals surface area contributed by atoms with Gasteiger partial charge in [-0.05, 0) is 174 Å². The molecule has 0 amide bonds. The molecule has 0 bridgehead atoms. The maximum absolute atomic E-state index is 11.8. The maximum Gasteiger partial charge on any atom is 0.338 e. The van der Waals surface area contributed by atoms with E-state index < -0.39 is 11.9 Å². The highest BCUT2D eigenvalue weighted by Crippen LogP contribution is 2.22. The van der Waals surface area contributed by atoms with Crippen LogP contribution in [0, 0.1) is 14.3 Å². The minimum Gasteiger partial charge on any atom is -0.478 e. The Morgan fingerprint density at radius 2 is 0.750 bits per heavy atom. The lowest BCUT2D eigenvalue weighted by molar-refractivity contribution is 0.0590. The minimum absolute atomic E-state index is 0.261. The first-order valence-corrected chi connectivity index (χ1v) is 16.9. The summed E-state index contributed by atoms with van der Waals surface area (Å²) in [6.45, 7) is 0. The summed E-state index contributed by atoms with van der Waals surface area (Å²) in [5.41, 5.74) is 5.24. The zero-order chi connectivity index (χ0) is 32.6. The largest absolute Gasteiger partial charge is 0.478 e. The van der Waals surface area contributed by atoms with E-state index in [1.54, 1.807) is 24.3 Å². The van der Waals surface area contributed by atoms with Crippen molar-refractivity contribution in [2.75, 3.05) is 14.2 Å². The van der Waals surface area contributed by atoms with Gasteiger partial charge >= 0.3 is 23.9 Å². The smallest absolute Gasteiger partial charge is 0.338 e. The fourth-order valence-corrected chi connectivity index (χ4v) is 6.31. The molecule has 0 atom stereocenters. The molecule has 0 radical (unpaired) electrons. The molecule has 0 aliphatic rings. The Morgan fingerprint density at radius 3 is 1.00 bits per heavy atom. The molecule has 12 heteroatoms. The van der Waals surface area contributed by atoms with Crippen molar-refractivity contribution in [2.45, 2.75) is 12.8 Å². The Morgan fingerprint density at radius 1 is 0.500 bits per heavy atom. The van der Waals surface area contributed by atoms with Crippen LogP contribution in [0.3, 0.4) is 0 Å². The molecular weight excluding hydrogens is 1020 g/mol. The Balaban J connectivity index is 0.000000241. The molecule has 0 unspecified atom stereocenters. The summed E-state index contributed by atoms with van der Waals surface area (Å²) in [4.78, 5) is 45.8. The number of benzene rings is 4. The van der Waals surface area contributed by atoms with Crippen LogP contribution in [-0.2, 0) is 22.3 Å². The number of hydrogen-bond acceptors (Lipinski definition) is 6. The fraction of sp³-hybridized carbons (Fsp3) is 0.125. The van der Waals surface area contributed by atoms with Crippen LogP contribution in [-0.4, -0.2) is 48.3 Å². The number of halogens is 4. The van der Waals surface area contributed by atoms with Crippen LogP contribution in [0.5, 0.6) is 0 Å². The molecule has 0 aliphatic heterocycles. The number of carbonyl (C=O) groups is 4. The van der Waals surface area contributed by atoms with E-state index in [0.717, 1.165) is 29.4 Å². The lowest BCUT2D eigenvalue weighted by Gasteiger charge is -2.09. The highest BCUT2D eigenvalue weighted by atomic mass is 127. The van der Waals surface area contributed by atoms with Crippen molar-refractivity contribution in [3.8, 4) is 0 Å². The Labute approximate surface area is 308 Å². The third-order valence-corrected chi connectivity index (χ3v) is 9.97. The van der Waals surface area contributed by atoms with Crippen molar-refractivity contribution in [1.82, 2.24) is 0 Å². The number of carbonyl (C=O) groups excluding carboxylic acids is 2. The monoisotopic (exact) mass is 1040 g/mol. The first kappa shape index (κ1) is 36.2. The second-order valence-corrected chi connectivity index (χ2v) is 13.9. The summed E-state index contributed by atoms with van der Waals surface area (Å²) in [6, 6.07) is 21.8. The zero-order valence-electron chi connectivity index (χ0n) is 23.2. The van der Waals surface area contributed by atoms with E-state index in [1.165, 1.54) is 14.2 Å². The predicted octanol–water partition coefficient (Wildman–Crippen LogP) is 7.94. The molecule has 0 saturated heterocycles. The third-order valence-electron chi connectivity index (χ3n) is 6.21. The number of rotatable bonds is 8. The summed E-state index contributed by atoms with van der Waals surface area (Å²) < 4.78 is 12.6. The molecule has 44 heavy (non-hydrogen) atoms. The first-order chi connectivity index (χ1) is 20.8. The Kier molecular flexibility index (Phi) is 13.8. The Hall–Kier alpha value is -2.32. The number of carboxylic acids is 2. The maximum atomic E-state index is 11.8. The number of hydrogen-bond donors (Lipinski definition) is 2. The van der Waals surface area contributed by atoms with E-state index in [4.69, 9.17) is 19.7 Å². The van der Waals surface area contributed by atoms with Gasteiger partial charge in [0.2, 0.25) is 0 Å². The lowest BCUT2D eigenvalue weighted by Crippen LogP contribution is -2.06. The Bertz CT molecular complexity index is 1610. The number of esters is 2. The van der Waals surface area contributed by atoms with Crippen molar-refractivity contribution in [3.05, 3.63) is 132 Å². The van der Waals surface area contributed by atoms with Crippen LogP contribution < -0.4 is 0 Å². The summed E-state index contributed by atoms with van der Waals surface area (Å²) in [6.07, 6.45) is 1.11. The van der Waals surface area contributed by atoms with Crippen LogP contribution in [0.2, 0.25) is 0 Å². The van der Waals surface area contributed by atoms with Gasteiger partial charge in [-0.25, -0.2) is 19.2 Å².